The first kappa shape index (κ1) is 25.1. The van der Waals surface area contributed by atoms with E-state index < -0.39 is 15.9 Å². The third-order valence-corrected chi connectivity index (χ3v) is 11.9. The summed E-state index contributed by atoms with van der Waals surface area (Å²) in [5.41, 5.74) is 1.71. The van der Waals surface area contributed by atoms with Gasteiger partial charge < -0.3 is 8.39 Å². The van der Waals surface area contributed by atoms with E-state index in [4.69, 9.17) is 8.39 Å². The molecular formula is C38H26O2P2. The van der Waals surface area contributed by atoms with Gasteiger partial charge in [0.05, 0.1) is 5.30 Å². The lowest BCUT2D eigenvalue weighted by Crippen LogP contribution is -2.21. The van der Waals surface area contributed by atoms with Crippen molar-refractivity contribution >= 4 is 75.3 Å². The zero-order valence-corrected chi connectivity index (χ0v) is 24.5. The molecule has 0 spiro atoms. The van der Waals surface area contributed by atoms with Gasteiger partial charge in [-0.05, 0) is 58.3 Å². The first-order valence-corrected chi connectivity index (χ1v) is 16.6. The van der Waals surface area contributed by atoms with Gasteiger partial charge in [0.15, 0.2) is 0 Å². The topological polar surface area (TPSA) is 26.3 Å². The van der Waals surface area contributed by atoms with Crippen LogP contribution in [0.15, 0.2) is 166 Å². The highest BCUT2D eigenvalue weighted by atomic mass is 31.1. The molecule has 0 aliphatic heterocycles. The van der Waals surface area contributed by atoms with Crippen LogP contribution in [0.2, 0.25) is 0 Å². The van der Waals surface area contributed by atoms with Crippen LogP contribution in [0.4, 0.5) is 0 Å². The Labute approximate surface area is 246 Å². The third-order valence-electron chi connectivity index (χ3n) is 7.74. The Kier molecular flexibility index (Phi) is 6.38. The van der Waals surface area contributed by atoms with Gasteiger partial charge in [0, 0.05) is 16.1 Å². The van der Waals surface area contributed by atoms with Gasteiger partial charge >= 0.3 is 0 Å². The molecular weight excluding hydrogens is 550 g/mol. The maximum atomic E-state index is 7.00. The van der Waals surface area contributed by atoms with Crippen LogP contribution in [-0.4, -0.2) is 0 Å². The van der Waals surface area contributed by atoms with E-state index in [1.165, 1.54) is 26.7 Å². The Morgan fingerprint density at radius 1 is 0.405 bits per heavy atom. The fourth-order valence-electron chi connectivity index (χ4n) is 5.86. The van der Waals surface area contributed by atoms with Crippen molar-refractivity contribution in [2.75, 3.05) is 0 Å². The van der Waals surface area contributed by atoms with Crippen molar-refractivity contribution in [2.45, 2.75) is 0 Å². The molecule has 8 aromatic rings. The molecule has 1 aromatic heterocycles. The fourth-order valence-corrected chi connectivity index (χ4v) is 10.1. The molecule has 0 atom stereocenters. The Bertz CT molecular complexity index is 2120. The molecule has 42 heavy (non-hydrogen) atoms. The van der Waals surface area contributed by atoms with Crippen molar-refractivity contribution < 1.29 is 8.39 Å². The average molecular weight is 577 g/mol. The molecule has 0 radical (unpaired) electrons. The summed E-state index contributed by atoms with van der Waals surface area (Å²) in [5.74, 6) is 0. The van der Waals surface area contributed by atoms with Crippen LogP contribution in [-0.2, 0) is 0 Å². The molecule has 0 N–H and O–H groups in total. The summed E-state index contributed by atoms with van der Waals surface area (Å²) in [6.07, 6.45) is 0. The summed E-state index contributed by atoms with van der Waals surface area (Å²) in [6.45, 7) is 0. The molecule has 0 bridgehead atoms. The summed E-state index contributed by atoms with van der Waals surface area (Å²) in [5, 5.41) is 11.8. The molecule has 200 valence electrons. The minimum absolute atomic E-state index is 0.835. The van der Waals surface area contributed by atoms with Crippen molar-refractivity contribution in [3.05, 3.63) is 158 Å². The Morgan fingerprint density at radius 2 is 0.857 bits per heavy atom. The highest BCUT2D eigenvalue weighted by Gasteiger charge is 2.23. The van der Waals surface area contributed by atoms with Crippen LogP contribution in [0.3, 0.4) is 0 Å². The second-order valence-electron chi connectivity index (χ2n) is 10.3. The van der Waals surface area contributed by atoms with E-state index in [0.29, 0.717) is 0 Å². The summed E-state index contributed by atoms with van der Waals surface area (Å²) in [4.78, 5) is 0. The Morgan fingerprint density at radius 3 is 1.40 bits per heavy atom. The maximum absolute atomic E-state index is 7.00. The smallest absolute Gasteiger partial charge is 0.253 e. The fraction of sp³-hybridized carbons (Fsp3) is 0. The molecule has 0 aliphatic rings. The monoisotopic (exact) mass is 576 g/mol. The molecule has 0 saturated heterocycles. The lowest BCUT2D eigenvalue weighted by molar-refractivity contribution is 0.651. The lowest BCUT2D eigenvalue weighted by Gasteiger charge is -2.21. The van der Waals surface area contributed by atoms with E-state index in [9.17, 15) is 0 Å². The van der Waals surface area contributed by atoms with Crippen molar-refractivity contribution in [2.24, 2.45) is 0 Å². The van der Waals surface area contributed by atoms with Gasteiger partial charge in [-0.3, -0.25) is 0 Å². The van der Waals surface area contributed by atoms with Crippen molar-refractivity contribution in [1.29, 1.82) is 0 Å². The van der Waals surface area contributed by atoms with Gasteiger partial charge in [0.1, 0.15) is 11.2 Å². The first-order valence-electron chi connectivity index (χ1n) is 14.0. The van der Waals surface area contributed by atoms with E-state index in [-0.39, 0.29) is 0 Å². The van der Waals surface area contributed by atoms with Crippen LogP contribution in [0.1, 0.15) is 0 Å². The van der Waals surface area contributed by atoms with Crippen LogP contribution in [0.25, 0.3) is 48.8 Å². The van der Waals surface area contributed by atoms with E-state index in [1.807, 2.05) is 0 Å². The second kappa shape index (κ2) is 10.7. The van der Waals surface area contributed by atoms with Crippen molar-refractivity contribution in [1.82, 2.24) is 0 Å². The minimum Gasteiger partial charge on any atom is -0.416 e. The molecule has 0 amide bonds. The Hall–Kier alpha value is -4.61. The molecule has 1 heterocycles. The number of fused-ring (bicyclic) bond motifs is 7. The summed E-state index contributed by atoms with van der Waals surface area (Å²) >= 11 is 0. The van der Waals surface area contributed by atoms with Crippen LogP contribution in [0.5, 0.6) is 0 Å². The molecule has 7 aromatic carbocycles. The molecule has 2 nitrogen and oxygen atoms in total. The summed E-state index contributed by atoms with van der Waals surface area (Å²) in [7, 11) is -2.33. The molecule has 8 rings (SSSR count). The van der Waals surface area contributed by atoms with E-state index in [0.717, 1.165) is 38.0 Å². The highest BCUT2D eigenvalue weighted by molar-refractivity contribution is 7.80. The highest BCUT2D eigenvalue weighted by Crippen LogP contribution is 2.48. The minimum atomic E-state index is -1.50. The van der Waals surface area contributed by atoms with Crippen LogP contribution >= 0.6 is 15.9 Å². The van der Waals surface area contributed by atoms with E-state index >= 15 is 0 Å². The van der Waals surface area contributed by atoms with E-state index in [1.54, 1.807) is 0 Å². The predicted molar refractivity (Wildman–Crippen MR) is 181 cm³/mol. The number of rotatable bonds is 4. The molecule has 0 unspecified atom stereocenters. The number of hydrogen-bond acceptors (Lipinski definition) is 2. The van der Waals surface area contributed by atoms with E-state index in [2.05, 4.69) is 158 Å². The second-order valence-corrected chi connectivity index (χ2v) is 13.8. The summed E-state index contributed by atoms with van der Waals surface area (Å²) < 4.78 is 14.0. The quantitative estimate of drug-likeness (QED) is 0.195. The molecule has 0 saturated carbocycles. The zero-order valence-electron chi connectivity index (χ0n) is 22.7. The normalized spacial score (nSPS) is 11.5. The average Bonchev–Trinajstić information content (AvgIpc) is 3.23. The lowest BCUT2D eigenvalue weighted by atomic mass is 9.99. The standard InChI is InChI=1S/C38H26O2P2/c1-3-15-29(16-4-1)41(30-17-5-2-6-18-30)35-21-11-12-22-36(35)42-39-33-25-23-27-13-7-9-19-31(27)37(33)38-32-20-10-8-14-28(32)24-26-34(38)40-42/h1-26H. The van der Waals surface area contributed by atoms with Crippen LogP contribution in [0, 0.1) is 0 Å². The van der Waals surface area contributed by atoms with Gasteiger partial charge in [-0.15, -0.1) is 0 Å². The van der Waals surface area contributed by atoms with Crippen molar-refractivity contribution in [3.63, 3.8) is 0 Å². The van der Waals surface area contributed by atoms with Gasteiger partial charge in [0.2, 0.25) is 0 Å². The van der Waals surface area contributed by atoms with Gasteiger partial charge in [0.25, 0.3) is 8.01 Å². The molecule has 0 aliphatic carbocycles. The first-order chi connectivity index (χ1) is 20.8. The Balaban J connectivity index is 1.49. The summed E-state index contributed by atoms with van der Waals surface area (Å²) in [6, 6.07) is 55.9. The largest absolute Gasteiger partial charge is 0.416 e. The third kappa shape index (κ3) is 4.32. The maximum Gasteiger partial charge on any atom is 0.253 e. The predicted octanol–water partition coefficient (Wildman–Crippen LogP) is 10.3. The van der Waals surface area contributed by atoms with Crippen molar-refractivity contribution in [3.8, 4) is 5.30 Å². The molecule has 4 heteroatoms. The number of benzene rings is 7. The zero-order chi connectivity index (χ0) is 27.9. The SMILES string of the molecule is c1ccc(P(c2ccccc2)c2ccccc2-p2oc3ccc4ccccc4c3c3c(ccc4ccccc43)o2)cc1. The van der Waals surface area contributed by atoms with Gasteiger partial charge in [-0.25, -0.2) is 0 Å². The molecule has 0 fully saturated rings. The number of hydrogen-bond donors (Lipinski definition) is 0. The van der Waals surface area contributed by atoms with Crippen LogP contribution < -0.4 is 15.9 Å². The van der Waals surface area contributed by atoms with Gasteiger partial charge in [-0.1, -0.05) is 140 Å². The van der Waals surface area contributed by atoms with Gasteiger partial charge in [-0.2, -0.15) is 0 Å².